The Balaban J connectivity index is 1.37. The Morgan fingerprint density at radius 1 is 1.10 bits per heavy atom. The number of benzene rings is 2. The standard InChI is InChI=1S/C23H20N6O/c1-12-26-18-7-6-16(10-20(18)27-12)29-23(24)17(11-25-29)22(30)21-9-15-5-4-14(13-2-3-13)8-19(15)28-21/h4-11,13,28H,2-3,24H2,1H3,(H,26,27). The van der Waals surface area contributed by atoms with Crippen LogP contribution in [-0.4, -0.2) is 30.5 Å². The number of ketones is 1. The van der Waals surface area contributed by atoms with Gasteiger partial charge < -0.3 is 15.7 Å². The molecule has 0 atom stereocenters. The van der Waals surface area contributed by atoms with E-state index in [1.54, 1.807) is 4.68 Å². The van der Waals surface area contributed by atoms with E-state index in [0.717, 1.165) is 33.4 Å². The van der Waals surface area contributed by atoms with Gasteiger partial charge in [0.05, 0.1) is 34.2 Å². The number of carbonyl (C=O) groups excluding carboxylic acids is 1. The number of nitrogens with zero attached hydrogens (tertiary/aromatic N) is 3. The van der Waals surface area contributed by atoms with Crippen molar-refractivity contribution in [3.63, 3.8) is 0 Å². The summed E-state index contributed by atoms with van der Waals surface area (Å²) in [6, 6.07) is 14.0. The van der Waals surface area contributed by atoms with Crippen LogP contribution in [0.4, 0.5) is 5.82 Å². The van der Waals surface area contributed by atoms with Crippen LogP contribution in [0.5, 0.6) is 0 Å². The molecule has 0 unspecified atom stereocenters. The molecule has 0 amide bonds. The van der Waals surface area contributed by atoms with E-state index >= 15 is 0 Å². The van der Waals surface area contributed by atoms with Gasteiger partial charge in [0.15, 0.2) is 0 Å². The molecule has 3 heterocycles. The van der Waals surface area contributed by atoms with E-state index in [4.69, 9.17) is 5.73 Å². The van der Waals surface area contributed by atoms with Crippen LogP contribution < -0.4 is 5.73 Å². The average molecular weight is 396 g/mol. The van der Waals surface area contributed by atoms with E-state index in [9.17, 15) is 4.79 Å². The summed E-state index contributed by atoms with van der Waals surface area (Å²) in [5, 5.41) is 5.39. The quantitative estimate of drug-likeness (QED) is 0.395. The Kier molecular flexibility index (Phi) is 3.44. The second kappa shape index (κ2) is 6.06. The molecule has 0 saturated heterocycles. The highest BCUT2D eigenvalue weighted by atomic mass is 16.1. The number of hydrogen-bond donors (Lipinski definition) is 3. The zero-order valence-electron chi connectivity index (χ0n) is 16.4. The highest BCUT2D eigenvalue weighted by Crippen LogP contribution is 2.40. The van der Waals surface area contributed by atoms with Gasteiger partial charge in [-0.2, -0.15) is 5.10 Å². The van der Waals surface area contributed by atoms with Gasteiger partial charge in [-0.25, -0.2) is 9.67 Å². The van der Waals surface area contributed by atoms with Crippen LogP contribution in [0.25, 0.3) is 27.6 Å². The molecule has 0 bridgehead atoms. The van der Waals surface area contributed by atoms with Gasteiger partial charge in [0.1, 0.15) is 11.6 Å². The lowest BCUT2D eigenvalue weighted by molar-refractivity contribution is 0.103. The van der Waals surface area contributed by atoms with E-state index in [-0.39, 0.29) is 5.78 Å². The second-order valence-corrected chi connectivity index (χ2v) is 8.01. The van der Waals surface area contributed by atoms with Gasteiger partial charge in [-0.3, -0.25) is 4.79 Å². The average Bonchev–Trinajstić information content (AvgIpc) is 3.22. The van der Waals surface area contributed by atoms with Gasteiger partial charge in [-0.1, -0.05) is 12.1 Å². The summed E-state index contributed by atoms with van der Waals surface area (Å²) >= 11 is 0. The molecule has 3 aromatic heterocycles. The maximum Gasteiger partial charge on any atom is 0.214 e. The van der Waals surface area contributed by atoms with E-state index < -0.39 is 0 Å². The molecular formula is C23H20N6O. The molecule has 30 heavy (non-hydrogen) atoms. The maximum atomic E-state index is 13.1. The normalized spacial score (nSPS) is 14.0. The number of carbonyl (C=O) groups is 1. The van der Waals surface area contributed by atoms with Gasteiger partial charge in [0.25, 0.3) is 0 Å². The van der Waals surface area contributed by atoms with Gasteiger partial charge >= 0.3 is 0 Å². The SMILES string of the molecule is Cc1nc2cc(-n3ncc(C(=O)c4cc5ccc(C6CC6)cc5[nH]4)c3N)ccc2[nH]1. The third-order valence-electron chi connectivity index (χ3n) is 5.82. The van der Waals surface area contributed by atoms with E-state index in [0.29, 0.717) is 23.0 Å². The molecular weight excluding hydrogens is 376 g/mol. The molecule has 6 rings (SSSR count). The van der Waals surface area contributed by atoms with E-state index in [1.165, 1.54) is 24.6 Å². The summed E-state index contributed by atoms with van der Waals surface area (Å²) in [5.74, 6) is 1.65. The summed E-state index contributed by atoms with van der Waals surface area (Å²) < 4.78 is 1.57. The maximum absolute atomic E-state index is 13.1. The fourth-order valence-corrected chi connectivity index (χ4v) is 4.07. The highest BCUT2D eigenvalue weighted by molar-refractivity contribution is 6.12. The van der Waals surface area contributed by atoms with Crippen LogP contribution in [0, 0.1) is 6.92 Å². The third kappa shape index (κ3) is 2.62. The molecule has 1 aliphatic carbocycles. The zero-order chi connectivity index (χ0) is 20.4. The molecule has 2 aromatic carbocycles. The van der Waals surface area contributed by atoms with E-state index in [1.807, 2.05) is 31.2 Å². The molecule has 0 aliphatic heterocycles. The summed E-state index contributed by atoms with van der Waals surface area (Å²) in [4.78, 5) is 24.1. The van der Waals surface area contributed by atoms with Crippen molar-refractivity contribution >= 4 is 33.5 Å². The van der Waals surface area contributed by atoms with Crippen LogP contribution in [0.15, 0.2) is 48.7 Å². The van der Waals surface area contributed by atoms with Crippen molar-refractivity contribution in [2.24, 2.45) is 0 Å². The second-order valence-electron chi connectivity index (χ2n) is 8.01. The number of imidazole rings is 1. The zero-order valence-corrected chi connectivity index (χ0v) is 16.4. The number of aromatic amines is 2. The Bertz CT molecular complexity index is 1450. The van der Waals surface area contributed by atoms with Crippen LogP contribution in [0.2, 0.25) is 0 Å². The lowest BCUT2D eigenvalue weighted by Crippen LogP contribution is -2.07. The number of nitrogens with two attached hydrogens (primary N) is 1. The van der Waals surface area contributed by atoms with Crippen molar-refractivity contribution in [3.05, 3.63) is 71.3 Å². The predicted octanol–water partition coefficient (Wildman–Crippen LogP) is 4.23. The molecule has 1 fully saturated rings. The van der Waals surface area contributed by atoms with Gasteiger partial charge in [0, 0.05) is 10.9 Å². The summed E-state index contributed by atoms with van der Waals surface area (Å²) in [6.07, 6.45) is 4.02. The van der Waals surface area contributed by atoms with Crippen molar-refractivity contribution in [1.82, 2.24) is 24.7 Å². The fourth-order valence-electron chi connectivity index (χ4n) is 4.07. The number of nitrogens with one attached hydrogen (secondary N) is 2. The Morgan fingerprint density at radius 2 is 1.97 bits per heavy atom. The molecule has 1 aliphatic rings. The highest BCUT2D eigenvalue weighted by Gasteiger charge is 2.24. The van der Waals surface area contributed by atoms with Crippen LogP contribution in [0.1, 0.15) is 46.2 Å². The Labute approximate surface area is 171 Å². The van der Waals surface area contributed by atoms with Crippen molar-refractivity contribution in [2.45, 2.75) is 25.7 Å². The monoisotopic (exact) mass is 396 g/mol. The van der Waals surface area contributed by atoms with Crippen molar-refractivity contribution < 1.29 is 4.79 Å². The molecule has 7 nitrogen and oxygen atoms in total. The van der Waals surface area contributed by atoms with Gasteiger partial charge in [-0.15, -0.1) is 0 Å². The predicted molar refractivity (Wildman–Crippen MR) is 116 cm³/mol. The Morgan fingerprint density at radius 3 is 2.80 bits per heavy atom. The summed E-state index contributed by atoms with van der Waals surface area (Å²) in [6.45, 7) is 1.91. The van der Waals surface area contributed by atoms with Crippen molar-refractivity contribution in [1.29, 1.82) is 0 Å². The minimum Gasteiger partial charge on any atom is -0.383 e. The molecule has 4 N–H and O–H groups in total. The lowest BCUT2D eigenvalue weighted by Gasteiger charge is -2.05. The topological polar surface area (TPSA) is 105 Å². The summed E-state index contributed by atoms with van der Waals surface area (Å²) in [5.41, 5.74) is 12.1. The van der Waals surface area contributed by atoms with Crippen LogP contribution >= 0.6 is 0 Å². The van der Waals surface area contributed by atoms with Gasteiger partial charge in [-0.05, 0) is 61.6 Å². The molecule has 0 spiro atoms. The number of nitrogen functional groups attached to an aromatic ring is 1. The first-order chi connectivity index (χ1) is 14.6. The van der Waals surface area contributed by atoms with Crippen molar-refractivity contribution in [2.75, 3.05) is 5.73 Å². The van der Waals surface area contributed by atoms with Crippen molar-refractivity contribution in [3.8, 4) is 5.69 Å². The number of aryl methyl sites for hydroxylation is 1. The number of fused-ring (bicyclic) bond motifs is 2. The number of H-pyrrole nitrogens is 2. The lowest BCUT2D eigenvalue weighted by atomic mass is 10.1. The molecule has 1 saturated carbocycles. The first-order valence-electron chi connectivity index (χ1n) is 10.0. The first kappa shape index (κ1) is 17.0. The van der Waals surface area contributed by atoms with Crippen LogP contribution in [0.3, 0.4) is 0 Å². The van der Waals surface area contributed by atoms with Crippen LogP contribution in [-0.2, 0) is 0 Å². The van der Waals surface area contributed by atoms with E-state index in [2.05, 4.69) is 38.2 Å². The largest absolute Gasteiger partial charge is 0.383 e. The molecule has 148 valence electrons. The minimum atomic E-state index is -0.167. The van der Waals surface area contributed by atoms with Gasteiger partial charge in [0.2, 0.25) is 5.78 Å². The fraction of sp³-hybridized carbons (Fsp3) is 0.174. The number of anilines is 1. The smallest absolute Gasteiger partial charge is 0.214 e. The number of aromatic nitrogens is 5. The Hall–Kier alpha value is -3.87. The number of rotatable bonds is 4. The minimum absolute atomic E-state index is 0.167. The molecule has 5 aromatic rings. The number of hydrogen-bond acceptors (Lipinski definition) is 4. The third-order valence-corrected chi connectivity index (χ3v) is 5.82. The molecule has 0 radical (unpaired) electrons. The molecule has 7 heteroatoms. The first-order valence-corrected chi connectivity index (χ1v) is 10.0. The summed E-state index contributed by atoms with van der Waals surface area (Å²) in [7, 11) is 0.